The maximum absolute atomic E-state index is 13.7. The maximum atomic E-state index is 13.7. The summed E-state index contributed by atoms with van der Waals surface area (Å²) >= 11 is 0.865. The van der Waals surface area contributed by atoms with E-state index < -0.39 is 28.8 Å². The number of aromatic amines is 1. The zero-order valence-corrected chi connectivity index (χ0v) is 15.7. The van der Waals surface area contributed by atoms with Crippen molar-refractivity contribution in [2.75, 3.05) is 23.4 Å². The molecule has 0 saturated carbocycles. The van der Waals surface area contributed by atoms with Gasteiger partial charge in [0.1, 0.15) is 17.5 Å². The summed E-state index contributed by atoms with van der Waals surface area (Å²) in [6.45, 7) is 2.25. The molecule has 1 aromatic heterocycles. The van der Waals surface area contributed by atoms with Gasteiger partial charge in [0.05, 0.1) is 5.75 Å². The lowest BCUT2D eigenvalue weighted by Crippen LogP contribution is -2.39. The van der Waals surface area contributed by atoms with Crippen molar-refractivity contribution in [3.8, 4) is 0 Å². The Labute approximate surface area is 158 Å². The average molecular weight is 398 g/mol. The lowest BCUT2D eigenvalue weighted by Gasteiger charge is -2.20. The number of hydrogen-bond donors (Lipinski definition) is 2. The van der Waals surface area contributed by atoms with Crippen LogP contribution in [0, 0.1) is 11.6 Å². The molecule has 10 heteroatoms. The third-order valence-corrected chi connectivity index (χ3v) is 4.94. The van der Waals surface area contributed by atoms with Gasteiger partial charge in [0, 0.05) is 24.6 Å². The molecular weight excluding hydrogens is 378 g/mol. The van der Waals surface area contributed by atoms with Crippen LogP contribution in [-0.4, -0.2) is 28.3 Å². The van der Waals surface area contributed by atoms with E-state index in [0.29, 0.717) is 13.0 Å². The van der Waals surface area contributed by atoms with Crippen molar-refractivity contribution < 1.29 is 13.6 Å². The highest BCUT2D eigenvalue weighted by Crippen LogP contribution is 2.24. The number of carbonyl (C=O) groups excluding carboxylic acids is 1. The van der Waals surface area contributed by atoms with Gasteiger partial charge in [-0.3, -0.25) is 19.1 Å². The summed E-state index contributed by atoms with van der Waals surface area (Å²) in [5.41, 5.74) is 4.39. The number of hydrogen-bond acceptors (Lipinski definition) is 5. The lowest BCUT2D eigenvalue weighted by atomic mass is 10.3. The van der Waals surface area contributed by atoms with Gasteiger partial charge in [0.2, 0.25) is 5.91 Å². The molecule has 0 bridgehead atoms. The largest absolute Gasteiger partial charge is 0.383 e. The summed E-state index contributed by atoms with van der Waals surface area (Å²) in [4.78, 5) is 39.8. The smallest absolute Gasteiger partial charge is 0.330 e. The number of aromatic nitrogens is 2. The molecular formula is C17H20F2N4O3S. The van der Waals surface area contributed by atoms with Crippen molar-refractivity contribution in [1.82, 2.24) is 9.55 Å². The minimum Gasteiger partial charge on any atom is -0.383 e. The lowest BCUT2D eigenvalue weighted by molar-refractivity contribution is -0.115. The summed E-state index contributed by atoms with van der Waals surface area (Å²) in [5.74, 6) is -2.33. The van der Waals surface area contributed by atoms with Crippen LogP contribution in [0.25, 0.3) is 0 Å². The van der Waals surface area contributed by atoms with Gasteiger partial charge < -0.3 is 10.6 Å². The molecule has 0 aliphatic heterocycles. The summed E-state index contributed by atoms with van der Waals surface area (Å²) < 4.78 is 27.8. The van der Waals surface area contributed by atoms with E-state index in [1.807, 2.05) is 6.92 Å². The second kappa shape index (κ2) is 8.85. The number of unbranched alkanes of at least 4 members (excludes halogenated alkanes) is 1. The number of nitrogens with zero attached hydrogens (tertiary/aromatic N) is 2. The first kappa shape index (κ1) is 20.7. The van der Waals surface area contributed by atoms with Crippen molar-refractivity contribution in [3.05, 3.63) is 50.7 Å². The van der Waals surface area contributed by atoms with Gasteiger partial charge in [-0.05, 0) is 18.6 Å². The number of anilines is 2. The zero-order valence-electron chi connectivity index (χ0n) is 14.9. The van der Waals surface area contributed by atoms with Crippen LogP contribution in [0.3, 0.4) is 0 Å². The topological polar surface area (TPSA) is 101 Å². The SMILES string of the molecule is CCCCn1c(N)c(N(C)C(=O)CSc2ccc(F)cc2F)c(=O)[nH]c1=O. The fourth-order valence-corrected chi connectivity index (χ4v) is 3.23. The molecule has 0 unspecified atom stereocenters. The predicted octanol–water partition coefficient (Wildman–Crippen LogP) is 1.95. The molecule has 1 aromatic carbocycles. The van der Waals surface area contributed by atoms with Crippen LogP contribution in [-0.2, 0) is 11.3 Å². The quantitative estimate of drug-likeness (QED) is 0.695. The van der Waals surface area contributed by atoms with Crippen LogP contribution < -0.4 is 21.9 Å². The van der Waals surface area contributed by atoms with Crippen molar-refractivity contribution in [1.29, 1.82) is 0 Å². The summed E-state index contributed by atoms with van der Waals surface area (Å²) in [7, 11) is 1.35. The Hall–Kier alpha value is -2.62. The molecule has 0 aliphatic carbocycles. The number of nitrogens with two attached hydrogens (primary N) is 1. The number of H-pyrrole nitrogens is 1. The number of halogens is 2. The molecule has 2 aromatic rings. The molecule has 0 aliphatic rings. The molecule has 2 rings (SSSR count). The molecule has 0 fully saturated rings. The number of rotatable bonds is 7. The van der Waals surface area contributed by atoms with Gasteiger partial charge in [-0.15, -0.1) is 11.8 Å². The number of benzene rings is 1. The van der Waals surface area contributed by atoms with Crippen molar-refractivity contribution >= 4 is 29.2 Å². The second-order valence-electron chi connectivity index (χ2n) is 5.81. The van der Waals surface area contributed by atoms with E-state index in [9.17, 15) is 23.2 Å². The van der Waals surface area contributed by atoms with Crippen LogP contribution in [0.2, 0.25) is 0 Å². The van der Waals surface area contributed by atoms with Crippen molar-refractivity contribution in [2.24, 2.45) is 0 Å². The molecule has 27 heavy (non-hydrogen) atoms. The molecule has 146 valence electrons. The molecule has 0 spiro atoms. The summed E-state index contributed by atoms with van der Waals surface area (Å²) in [6.07, 6.45) is 1.49. The average Bonchev–Trinajstić information content (AvgIpc) is 2.60. The van der Waals surface area contributed by atoms with Crippen molar-refractivity contribution in [2.45, 2.75) is 31.2 Å². The van der Waals surface area contributed by atoms with Gasteiger partial charge >= 0.3 is 5.69 Å². The summed E-state index contributed by atoms with van der Waals surface area (Å²) in [6, 6.07) is 3.05. The van der Waals surface area contributed by atoms with Crippen LogP contribution >= 0.6 is 11.8 Å². The molecule has 0 saturated heterocycles. The molecule has 0 atom stereocenters. The Morgan fingerprint density at radius 1 is 1.33 bits per heavy atom. The van der Waals surface area contributed by atoms with E-state index in [2.05, 4.69) is 4.98 Å². The van der Waals surface area contributed by atoms with E-state index >= 15 is 0 Å². The van der Waals surface area contributed by atoms with Crippen molar-refractivity contribution in [3.63, 3.8) is 0 Å². The Morgan fingerprint density at radius 2 is 2.04 bits per heavy atom. The van der Waals surface area contributed by atoms with E-state index in [0.717, 1.165) is 35.2 Å². The van der Waals surface area contributed by atoms with Crippen LogP contribution in [0.15, 0.2) is 32.7 Å². The fraction of sp³-hybridized carbons (Fsp3) is 0.353. The number of nitrogens with one attached hydrogen (secondary N) is 1. The first-order valence-corrected chi connectivity index (χ1v) is 9.21. The van der Waals surface area contributed by atoms with Gasteiger partial charge in [0.15, 0.2) is 5.69 Å². The normalized spacial score (nSPS) is 10.8. The second-order valence-corrected chi connectivity index (χ2v) is 6.83. The Balaban J connectivity index is 2.23. The maximum Gasteiger partial charge on any atom is 0.330 e. The minimum atomic E-state index is -0.779. The first-order chi connectivity index (χ1) is 12.8. The molecule has 0 radical (unpaired) electrons. The number of nitrogen functional groups attached to an aromatic ring is 1. The standard InChI is InChI=1S/C17H20F2N4O3S/c1-3-4-7-23-15(20)14(16(25)21-17(23)26)22(2)13(24)9-27-12-6-5-10(18)8-11(12)19/h5-6,8H,3-4,7,9,20H2,1-2H3,(H,21,25,26). The van der Waals surface area contributed by atoms with Crippen LogP contribution in [0.4, 0.5) is 20.3 Å². The molecule has 3 N–H and O–H groups in total. The third kappa shape index (κ3) is 4.76. The number of carbonyl (C=O) groups is 1. The van der Waals surface area contributed by atoms with Gasteiger partial charge in [0.25, 0.3) is 5.56 Å². The van der Waals surface area contributed by atoms with E-state index in [-0.39, 0.29) is 22.2 Å². The highest BCUT2D eigenvalue weighted by atomic mass is 32.2. The Kier molecular flexibility index (Phi) is 6.78. The monoisotopic (exact) mass is 398 g/mol. The highest BCUT2D eigenvalue weighted by molar-refractivity contribution is 8.00. The zero-order chi connectivity index (χ0) is 20.1. The molecule has 1 amide bonds. The summed E-state index contributed by atoms with van der Waals surface area (Å²) in [5, 5.41) is 0. The van der Waals surface area contributed by atoms with Gasteiger partial charge in [-0.25, -0.2) is 13.6 Å². The highest BCUT2D eigenvalue weighted by Gasteiger charge is 2.21. The fourth-order valence-electron chi connectivity index (χ4n) is 2.39. The van der Waals surface area contributed by atoms with Crippen LogP contribution in [0.1, 0.15) is 19.8 Å². The molecule has 7 nitrogen and oxygen atoms in total. The van der Waals surface area contributed by atoms with E-state index in [4.69, 9.17) is 5.73 Å². The van der Waals surface area contributed by atoms with Crippen LogP contribution in [0.5, 0.6) is 0 Å². The molecule has 1 heterocycles. The predicted molar refractivity (Wildman–Crippen MR) is 101 cm³/mol. The Morgan fingerprint density at radius 3 is 2.67 bits per heavy atom. The van der Waals surface area contributed by atoms with E-state index in [1.54, 1.807) is 0 Å². The van der Waals surface area contributed by atoms with E-state index in [1.165, 1.54) is 17.7 Å². The first-order valence-electron chi connectivity index (χ1n) is 8.23. The minimum absolute atomic E-state index is 0.105. The Bertz CT molecular complexity index is 958. The van der Waals surface area contributed by atoms with Gasteiger partial charge in [-0.1, -0.05) is 13.3 Å². The number of thioether (sulfide) groups is 1. The number of amides is 1. The third-order valence-electron chi connectivity index (χ3n) is 3.90. The van der Waals surface area contributed by atoms with Gasteiger partial charge in [-0.2, -0.15) is 0 Å².